The molecule has 0 fully saturated rings. The molecule has 1 rings (SSSR count). The van der Waals surface area contributed by atoms with Crippen molar-refractivity contribution in [1.29, 1.82) is 0 Å². The number of ether oxygens (including phenoxy) is 1. The van der Waals surface area contributed by atoms with Gasteiger partial charge in [-0.25, -0.2) is 0 Å². The number of aryl methyl sites for hydroxylation is 2. The largest absolute Gasteiger partial charge is 0.496 e. The highest BCUT2D eigenvalue weighted by Crippen LogP contribution is 2.22. The van der Waals surface area contributed by atoms with Crippen molar-refractivity contribution < 1.29 is 4.74 Å². The zero-order chi connectivity index (χ0) is 12.8. The number of nitrogens with zero attached hydrogens (tertiary/aromatic N) is 1. The first kappa shape index (κ1) is 14.0. The summed E-state index contributed by atoms with van der Waals surface area (Å²) in [6, 6.07) is 4.35. The van der Waals surface area contributed by atoms with Crippen molar-refractivity contribution in [1.82, 2.24) is 4.90 Å². The van der Waals surface area contributed by atoms with E-state index in [1.165, 1.54) is 16.7 Å². The molecule has 3 nitrogen and oxygen atoms in total. The number of benzene rings is 1. The van der Waals surface area contributed by atoms with E-state index in [1.807, 2.05) is 0 Å². The monoisotopic (exact) mass is 236 g/mol. The SMILES string of the molecule is COc1cc(C)c(CCN(C)CCN)cc1C. The van der Waals surface area contributed by atoms with Crippen molar-refractivity contribution in [2.75, 3.05) is 33.8 Å². The Morgan fingerprint density at radius 2 is 1.88 bits per heavy atom. The molecule has 0 saturated heterocycles. The molecule has 0 unspecified atom stereocenters. The van der Waals surface area contributed by atoms with Crippen molar-refractivity contribution in [3.63, 3.8) is 0 Å². The summed E-state index contributed by atoms with van der Waals surface area (Å²) in [5.74, 6) is 0.974. The summed E-state index contributed by atoms with van der Waals surface area (Å²) in [5.41, 5.74) is 9.43. The Kier molecular flexibility index (Phi) is 5.45. The maximum Gasteiger partial charge on any atom is 0.122 e. The van der Waals surface area contributed by atoms with Gasteiger partial charge >= 0.3 is 0 Å². The van der Waals surface area contributed by atoms with Crippen molar-refractivity contribution >= 4 is 0 Å². The van der Waals surface area contributed by atoms with E-state index in [9.17, 15) is 0 Å². The molecule has 0 aliphatic heterocycles. The van der Waals surface area contributed by atoms with Gasteiger partial charge in [-0.3, -0.25) is 0 Å². The lowest BCUT2D eigenvalue weighted by Crippen LogP contribution is -2.27. The van der Waals surface area contributed by atoms with Gasteiger partial charge in [-0.15, -0.1) is 0 Å². The lowest BCUT2D eigenvalue weighted by Gasteiger charge is -2.17. The molecule has 0 aromatic heterocycles. The Hall–Kier alpha value is -1.06. The van der Waals surface area contributed by atoms with Gasteiger partial charge in [-0.1, -0.05) is 6.07 Å². The van der Waals surface area contributed by atoms with Gasteiger partial charge in [-0.2, -0.15) is 0 Å². The molecule has 0 spiro atoms. The Morgan fingerprint density at radius 3 is 2.47 bits per heavy atom. The highest BCUT2D eigenvalue weighted by Gasteiger charge is 2.06. The van der Waals surface area contributed by atoms with Crippen molar-refractivity contribution in [3.8, 4) is 5.75 Å². The summed E-state index contributed by atoms with van der Waals surface area (Å²) in [6.07, 6.45) is 1.06. The van der Waals surface area contributed by atoms with E-state index in [0.717, 1.165) is 31.8 Å². The average Bonchev–Trinajstić information content (AvgIpc) is 2.30. The minimum Gasteiger partial charge on any atom is -0.496 e. The number of rotatable bonds is 6. The number of nitrogens with two attached hydrogens (primary N) is 1. The molecule has 0 amide bonds. The molecule has 0 saturated carbocycles. The Labute approximate surface area is 105 Å². The van der Waals surface area contributed by atoms with Crippen LogP contribution in [0.15, 0.2) is 12.1 Å². The van der Waals surface area contributed by atoms with Crippen LogP contribution in [0.25, 0.3) is 0 Å². The normalized spacial score (nSPS) is 10.9. The van der Waals surface area contributed by atoms with Gasteiger partial charge in [0.05, 0.1) is 7.11 Å². The van der Waals surface area contributed by atoms with Gasteiger partial charge < -0.3 is 15.4 Å². The third-order valence-electron chi connectivity index (χ3n) is 3.13. The highest BCUT2D eigenvalue weighted by atomic mass is 16.5. The lowest BCUT2D eigenvalue weighted by molar-refractivity contribution is 0.347. The summed E-state index contributed by atoms with van der Waals surface area (Å²) < 4.78 is 5.32. The minimum atomic E-state index is 0.719. The smallest absolute Gasteiger partial charge is 0.122 e. The average molecular weight is 236 g/mol. The van der Waals surface area contributed by atoms with Crippen LogP contribution in [0.2, 0.25) is 0 Å². The maximum atomic E-state index is 5.53. The molecule has 1 aromatic carbocycles. The van der Waals surface area contributed by atoms with Gasteiger partial charge in [-0.05, 0) is 50.1 Å². The second kappa shape index (κ2) is 6.62. The predicted molar refractivity (Wildman–Crippen MR) is 72.7 cm³/mol. The van der Waals surface area contributed by atoms with Crippen molar-refractivity contribution in [3.05, 3.63) is 28.8 Å². The van der Waals surface area contributed by atoms with Gasteiger partial charge in [0.15, 0.2) is 0 Å². The van der Waals surface area contributed by atoms with Crippen LogP contribution in [0.4, 0.5) is 0 Å². The van der Waals surface area contributed by atoms with Gasteiger partial charge in [0.2, 0.25) is 0 Å². The molecule has 3 heteroatoms. The summed E-state index contributed by atoms with van der Waals surface area (Å²) in [6.45, 7) is 6.95. The van der Waals surface area contributed by atoms with Crippen LogP contribution in [-0.2, 0) is 6.42 Å². The van der Waals surface area contributed by atoms with E-state index < -0.39 is 0 Å². The number of methoxy groups -OCH3 is 1. The first-order valence-corrected chi connectivity index (χ1v) is 6.11. The quantitative estimate of drug-likeness (QED) is 0.817. The van der Waals surface area contributed by atoms with E-state index in [4.69, 9.17) is 10.5 Å². The zero-order valence-electron chi connectivity index (χ0n) is 11.4. The molecular weight excluding hydrogens is 212 g/mol. The van der Waals surface area contributed by atoms with E-state index in [-0.39, 0.29) is 0 Å². The second-order valence-electron chi connectivity index (χ2n) is 4.59. The Balaban J connectivity index is 2.68. The summed E-state index contributed by atoms with van der Waals surface area (Å²) in [7, 11) is 3.83. The van der Waals surface area contributed by atoms with Crippen molar-refractivity contribution in [2.24, 2.45) is 5.73 Å². The fourth-order valence-electron chi connectivity index (χ4n) is 1.98. The van der Waals surface area contributed by atoms with Crippen LogP contribution >= 0.6 is 0 Å². The fraction of sp³-hybridized carbons (Fsp3) is 0.571. The molecular formula is C14H24N2O. The first-order valence-electron chi connectivity index (χ1n) is 6.11. The lowest BCUT2D eigenvalue weighted by atomic mass is 10.0. The van der Waals surface area contributed by atoms with Crippen LogP contribution in [-0.4, -0.2) is 38.7 Å². The van der Waals surface area contributed by atoms with Crippen LogP contribution < -0.4 is 10.5 Å². The van der Waals surface area contributed by atoms with Gasteiger partial charge in [0, 0.05) is 19.6 Å². The number of likely N-dealkylation sites (N-methyl/N-ethyl adjacent to an activating group) is 1. The molecule has 2 N–H and O–H groups in total. The van der Waals surface area contributed by atoms with Crippen LogP contribution in [0.5, 0.6) is 5.75 Å². The fourth-order valence-corrected chi connectivity index (χ4v) is 1.98. The third-order valence-corrected chi connectivity index (χ3v) is 3.13. The van der Waals surface area contributed by atoms with E-state index in [2.05, 4.69) is 37.9 Å². The Morgan fingerprint density at radius 1 is 1.18 bits per heavy atom. The summed E-state index contributed by atoms with van der Waals surface area (Å²) >= 11 is 0. The molecule has 0 aliphatic carbocycles. The maximum absolute atomic E-state index is 5.53. The molecule has 1 aromatic rings. The number of hydrogen-bond acceptors (Lipinski definition) is 3. The van der Waals surface area contributed by atoms with Gasteiger partial charge in [0.1, 0.15) is 5.75 Å². The summed E-state index contributed by atoms with van der Waals surface area (Å²) in [5, 5.41) is 0. The van der Waals surface area contributed by atoms with Crippen molar-refractivity contribution in [2.45, 2.75) is 20.3 Å². The summed E-state index contributed by atoms with van der Waals surface area (Å²) in [4.78, 5) is 2.26. The zero-order valence-corrected chi connectivity index (χ0v) is 11.4. The molecule has 0 bridgehead atoms. The Bertz CT molecular complexity index is 363. The van der Waals surface area contributed by atoms with E-state index in [1.54, 1.807) is 7.11 Å². The molecule has 0 heterocycles. The first-order chi connectivity index (χ1) is 8.08. The topological polar surface area (TPSA) is 38.5 Å². The number of hydrogen-bond donors (Lipinski definition) is 1. The standard InChI is InChI=1S/C14H24N2O/c1-11-10-14(17-4)12(2)9-13(11)5-7-16(3)8-6-15/h9-10H,5-8,15H2,1-4H3. The minimum absolute atomic E-state index is 0.719. The van der Waals surface area contributed by atoms with Crippen LogP contribution in [0, 0.1) is 13.8 Å². The highest BCUT2D eigenvalue weighted by molar-refractivity contribution is 5.41. The molecule has 0 radical (unpaired) electrons. The van der Waals surface area contributed by atoms with E-state index in [0.29, 0.717) is 0 Å². The third kappa shape index (κ3) is 4.02. The molecule has 0 atom stereocenters. The van der Waals surface area contributed by atoms with Crippen LogP contribution in [0.1, 0.15) is 16.7 Å². The van der Waals surface area contributed by atoms with Crippen LogP contribution in [0.3, 0.4) is 0 Å². The molecule has 17 heavy (non-hydrogen) atoms. The van der Waals surface area contributed by atoms with Gasteiger partial charge in [0.25, 0.3) is 0 Å². The predicted octanol–water partition coefficient (Wildman–Crippen LogP) is 1.75. The molecule has 0 aliphatic rings. The van der Waals surface area contributed by atoms with E-state index >= 15 is 0 Å². The second-order valence-corrected chi connectivity index (χ2v) is 4.59. The molecule has 96 valence electrons.